The quantitative estimate of drug-likeness (QED) is 0.805. The SMILES string of the molecule is CCOc1ccccc1C=C(CNC(C)=O)B1OC(C)(C)C(C)(C)O1. The van der Waals surface area contributed by atoms with Crippen LogP contribution in [0.4, 0.5) is 0 Å². The van der Waals surface area contributed by atoms with E-state index in [0.717, 1.165) is 16.8 Å². The van der Waals surface area contributed by atoms with Crippen LogP contribution in [0, 0.1) is 0 Å². The van der Waals surface area contributed by atoms with Crippen molar-refractivity contribution in [3.63, 3.8) is 0 Å². The molecule has 1 N–H and O–H groups in total. The third kappa shape index (κ3) is 4.64. The van der Waals surface area contributed by atoms with E-state index in [4.69, 9.17) is 14.0 Å². The predicted molar refractivity (Wildman–Crippen MR) is 100 cm³/mol. The Morgan fingerprint density at radius 1 is 1.20 bits per heavy atom. The van der Waals surface area contributed by atoms with Crippen molar-refractivity contribution in [3.8, 4) is 5.75 Å². The van der Waals surface area contributed by atoms with Crippen molar-refractivity contribution in [2.24, 2.45) is 0 Å². The summed E-state index contributed by atoms with van der Waals surface area (Å²) in [5.41, 5.74) is 0.902. The lowest BCUT2D eigenvalue weighted by Gasteiger charge is -2.32. The van der Waals surface area contributed by atoms with Crippen molar-refractivity contribution in [1.82, 2.24) is 5.32 Å². The van der Waals surface area contributed by atoms with E-state index in [-0.39, 0.29) is 5.91 Å². The van der Waals surface area contributed by atoms with Crippen molar-refractivity contribution in [2.75, 3.05) is 13.2 Å². The van der Waals surface area contributed by atoms with E-state index >= 15 is 0 Å². The average Bonchev–Trinajstić information content (AvgIpc) is 2.73. The van der Waals surface area contributed by atoms with Crippen LogP contribution in [0.25, 0.3) is 6.08 Å². The van der Waals surface area contributed by atoms with Crippen LogP contribution in [0.15, 0.2) is 29.7 Å². The number of benzene rings is 1. The van der Waals surface area contributed by atoms with Gasteiger partial charge in [-0.05, 0) is 46.2 Å². The molecule has 1 aliphatic rings. The smallest absolute Gasteiger partial charge is 0.492 e. The first kappa shape index (κ1) is 19.5. The molecular formula is C19H28BNO4. The molecule has 0 spiro atoms. The van der Waals surface area contributed by atoms with Crippen LogP contribution >= 0.6 is 0 Å². The highest BCUT2D eigenvalue weighted by Gasteiger charge is 2.52. The minimum atomic E-state index is -0.522. The Hall–Kier alpha value is -1.79. The van der Waals surface area contributed by atoms with Gasteiger partial charge in [0.1, 0.15) is 5.75 Å². The van der Waals surface area contributed by atoms with Gasteiger partial charge in [0.25, 0.3) is 0 Å². The molecule has 0 saturated carbocycles. The van der Waals surface area contributed by atoms with Gasteiger partial charge in [-0.3, -0.25) is 4.79 Å². The van der Waals surface area contributed by atoms with Gasteiger partial charge in [-0.2, -0.15) is 0 Å². The van der Waals surface area contributed by atoms with E-state index in [9.17, 15) is 4.79 Å². The zero-order chi connectivity index (χ0) is 18.7. The predicted octanol–water partition coefficient (Wildman–Crippen LogP) is 3.24. The van der Waals surface area contributed by atoms with Crippen molar-refractivity contribution in [3.05, 3.63) is 35.3 Å². The van der Waals surface area contributed by atoms with Gasteiger partial charge in [-0.25, -0.2) is 0 Å². The van der Waals surface area contributed by atoms with Crippen molar-refractivity contribution in [2.45, 2.75) is 52.7 Å². The molecule has 0 aliphatic carbocycles. The summed E-state index contributed by atoms with van der Waals surface area (Å²) in [4.78, 5) is 11.4. The van der Waals surface area contributed by atoms with Gasteiger partial charge in [0.05, 0.1) is 17.8 Å². The number of para-hydroxylation sites is 1. The van der Waals surface area contributed by atoms with E-state index in [2.05, 4.69) is 5.32 Å². The normalized spacial score (nSPS) is 19.0. The van der Waals surface area contributed by atoms with Gasteiger partial charge in [-0.15, -0.1) is 0 Å². The number of amides is 1. The standard InChI is InChI=1S/C19H28BNO4/c1-7-23-17-11-9-8-10-15(17)12-16(13-21-14(2)22)20-24-18(3,4)19(5,6)25-20/h8-12H,7,13H2,1-6H3,(H,21,22). The molecule has 5 nitrogen and oxygen atoms in total. The highest BCUT2D eigenvalue weighted by molar-refractivity contribution is 6.56. The molecule has 136 valence electrons. The average molecular weight is 345 g/mol. The summed E-state index contributed by atoms with van der Waals surface area (Å²) >= 11 is 0. The fourth-order valence-electron chi connectivity index (χ4n) is 2.51. The van der Waals surface area contributed by atoms with E-state index in [1.165, 1.54) is 6.92 Å². The molecule has 6 heteroatoms. The Balaban J connectivity index is 2.35. The second kappa shape index (κ2) is 7.62. The van der Waals surface area contributed by atoms with Crippen LogP contribution in [-0.2, 0) is 14.1 Å². The Morgan fingerprint density at radius 3 is 2.36 bits per heavy atom. The van der Waals surface area contributed by atoms with Gasteiger partial charge < -0.3 is 19.4 Å². The van der Waals surface area contributed by atoms with Gasteiger partial charge in [0.15, 0.2) is 0 Å². The van der Waals surface area contributed by atoms with E-state index < -0.39 is 18.3 Å². The summed E-state index contributed by atoms with van der Waals surface area (Å²) in [6, 6.07) is 7.79. The van der Waals surface area contributed by atoms with Crippen LogP contribution in [-0.4, -0.2) is 37.4 Å². The molecule has 1 aromatic rings. The maximum atomic E-state index is 11.4. The highest BCUT2D eigenvalue weighted by Crippen LogP contribution is 2.39. The largest absolute Gasteiger partial charge is 0.493 e. The number of rotatable bonds is 6. The lowest BCUT2D eigenvalue weighted by Crippen LogP contribution is -2.41. The molecule has 0 radical (unpaired) electrons. The van der Waals surface area contributed by atoms with E-state index in [1.54, 1.807) is 0 Å². The molecule has 25 heavy (non-hydrogen) atoms. The van der Waals surface area contributed by atoms with Crippen LogP contribution in [0.2, 0.25) is 0 Å². The lowest BCUT2D eigenvalue weighted by atomic mass is 9.77. The summed E-state index contributed by atoms with van der Waals surface area (Å²) in [5.74, 6) is 0.697. The second-order valence-corrected chi connectivity index (χ2v) is 7.19. The number of carbonyl (C=O) groups is 1. The maximum absolute atomic E-state index is 11.4. The molecule has 0 atom stereocenters. The fraction of sp³-hybridized carbons (Fsp3) is 0.526. The monoisotopic (exact) mass is 345 g/mol. The van der Waals surface area contributed by atoms with Gasteiger partial charge in [0, 0.05) is 19.0 Å². The minimum Gasteiger partial charge on any atom is -0.493 e. The summed E-state index contributed by atoms with van der Waals surface area (Å²) in [5, 5.41) is 2.84. The van der Waals surface area contributed by atoms with Crippen LogP contribution < -0.4 is 10.1 Å². The molecule has 1 fully saturated rings. The third-order valence-corrected chi connectivity index (χ3v) is 4.66. The molecule has 1 saturated heterocycles. The van der Waals surface area contributed by atoms with Crippen LogP contribution in [0.1, 0.15) is 47.1 Å². The van der Waals surface area contributed by atoms with E-state index in [1.807, 2.05) is 65.0 Å². The fourth-order valence-corrected chi connectivity index (χ4v) is 2.51. The molecule has 1 aromatic carbocycles. The van der Waals surface area contributed by atoms with Crippen LogP contribution in [0.3, 0.4) is 0 Å². The molecule has 2 rings (SSSR count). The third-order valence-electron chi connectivity index (χ3n) is 4.66. The zero-order valence-electron chi connectivity index (χ0n) is 16.0. The molecule has 1 aliphatic heterocycles. The van der Waals surface area contributed by atoms with Gasteiger partial charge in [-0.1, -0.05) is 24.3 Å². The lowest BCUT2D eigenvalue weighted by molar-refractivity contribution is -0.118. The van der Waals surface area contributed by atoms with Crippen LogP contribution in [0.5, 0.6) is 5.75 Å². The summed E-state index contributed by atoms with van der Waals surface area (Å²) in [6.07, 6.45) is 1.98. The molecule has 1 amide bonds. The molecular weight excluding hydrogens is 317 g/mol. The summed E-state index contributed by atoms with van der Waals surface area (Å²) in [7, 11) is -0.522. The summed E-state index contributed by atoms with van der Waals surface area (Å²) in [6.45, 7) is 12.4. The maximum Gasteiger partial charge on any atom is 0.492 e. The first-order chi connectivity index (χ1) is 11.7. The Bertz CT molecular complexity index is 639. The van der Waals surface area contributed by atoms with Crippen molar-refractivity contribution >= 4 is 19.1 Å². The van der Waals surface area contributed by atoms with Crippen molar-refractivity contribution in [1.29, 1.82) is 0 Å². The van der Waals surface area contributed by atoms with Gasteiger partial charge in [0.2, 0.25) is 5.91 Å². The Kier molecular flexibility index (Phi) is 5.96. The zero-order valence-corrected chi connectivity index (χ0v) is 16.0. The topological polar surface area (TPSA) is 56.8 Å². The molecule has 1 heterocycles. The number of hydrogen-bond acceptors (Lipinski definition) is 4. The molecule has 0 unspecified atom stereocenters. The first-order valence-corrected chi connectivity index (χ1v) is 8.68. The van der Waals surface area contributed by atoms with Gasteiger partial charge >= 0.3 is 7.12 Å². The second-order valence-electron chi connectivity index (χ2n) is 7.19. The van der Waals surface area contributed by atoms with E-state index in [0.29, 0.717) is 13.2 Å². The number of nitrogens with one attached hydrogen (secondary N) is 1. The Labute approximate surface area is 150 Å². The molecule has 0 bridgehead atoms. The number of ether oxygens (including phenoxy) is 1. The Morgan fingerprint density at radius 2 is 1.80 bits per heavy atom. The van der Waals surface area contributed by atoms with Crippen molar-refractivity contribution < 1.29 is 18.8 Å². The molecule has 0 aromatic heterocycles. The first-order valence-electron chi connectivity index (χ1n) is 8.68. The number of hydrogen-bond donors (Lipinski definition) is 1. The minimum absolute atomic E-state index is 0.0967. The highest BCUT2D eigenvalue weighted by atomic mass is 16.7. The number of carbonyl (C=O) groups excluding carboxylic acids is 1. The summed E-state index contributed by atoms with van der Waals surface area (Å²) < 4.78 is 18.0.